The van der Waals surface area contributed by atoms with Crippen LogP contribution in [0.2, 0.25) is 0 Å². The first-order valence-corrected chi connectivity index (χ1v) is 4.11. The van der Waals surface area contributed by atoms with Crippen molar-refractivity contribution in [1.29, 1.82) is 0 Å². The van der Waals surface area contributed by atoms with Crippen LogP contribution in [0.25, 0.3) is 11.4 Å². The Bertz CT molecular complexity index is 325. The fraction of sp³-hybridized carbons (Fsp3) is 0. The third-order valence-corrected chi connectivity index (χ3v) is 1.59. The summed E-state index contributed by atoms with van der Waals surface area (Å²) in [4.78, 5) is 0. The minimum absolute atomic E-state index is 0. The van der Waals surface area contributed by atoms with Gasteiger partial charge in [0.15, 0.2) is 0 Å². The molecular weight excluding hydrogens is 165 g/mol. The number of allylic oxidation sites excluding steroid dienone is 4. The standard InChI is InChI=1S/C12H12N.Li/c1-2-3-5-10-12(13)11-8-6-4-7-9-11;/h2-10,13H,1H2;/q-1;+1/b5-3+,12-10+;. The minimum atomic E-state index is 0. The zero-order valence-electron chi connectivity index (χ0n) is 8.40. The van der Waals surface area contributed by atoms with E-state index in [4.69, 9.17) is 5.73 Å². The van der Waals surface area contributed by atoms with Crippen LogP contribution in [0.4, 0.5) is 0 Å². The van der Waals surface area contributed by atoms with Gasteiger partial charge >= 0.3 is 18.9 Å². The number of benzene rings is 1. The average Bonchev–Trinajstić information content (AvgIpc) is 2.19. The molecule has 0 heterocycles. The molecule has 66 valence electrons. The van der Waals surface area contributed by atoms with E-state index in [-0.39, 0.29) is 18.9 Å². The molecule has 0 aliphatic rings. The van der Waals surface area contributed by atoms with Gasteiger partial charge in [0.1, 0.15) is 0 Å². The SMILES string of the molecule is C=C/C=C/C=C(/[NH-])c1ccccc1.[Li+]. The van der Waals surface area contributed by atoms with E-state index < -0.39 is 0 Å². The van der Waals surface area contributed by atoms with Gasteiger partial charge in [0, 0.05) is 0 Å². The monoisotopic (exact) mass is 177 g/mol. The zero-order chi connectivity index (χ0) is 9.52. The van der Waals surface area contributed by atoms with E-state index in [2.05, 4.69) is 6.58 Å². The Morgan fingerprint density at radius 1 is 1.14 bits per heavy atom. The van der Waals surface area contributed by atoms with Gasteiger partial charge in [-0.3, -0.25) is 0 Å². The van der Waals surface area contributed by atoms with Crippen molar-refractivity contribution in [3.05, 3.63) is 72.5 Å². The molecule has 1 aromatic carbocycles. The molecule has 0 unspecified atom stereocenters. The third kappa shape index (κ3) is 4.18. The van der Waals surface area contributed by atoms with Crippen LogP contribution in [-0.4, -0.2) is 0 Å². The summed E-state index contributed by atoms with van der Waals surface area (Å²) in [5.74, 6) is 0. The van der Waals surface area contributed by atoms with E-state index in [0.717, 1.165) is 5.56 Å². The molecule has 0 atom stereocenters. The van der Waals surface area contributed by atoms with Gasteiger partial charge < -0.3 is 5.73 Å². The van der Waals surface area contributed by atoms with Crippen molar-refractivity contribution < 1.29 is 18.9 Å². The van der Waals surface area contributed by atoms with Crippen molar-refractivity contribution in [2.45, 2.75) is 0 Å². The van der Waals surface area contributed by atoms with E-state index in [1.165, 1.54) is 0 Å². The zero-order valence-corrected chi connectivity index (χ0v) is 8.40. The van der Waals surface area contributed by atoms with Crippen LogP contribution < -0.4 is 18.9 Å². The van der Waals surface area contributed by atoms with Crippen LogP contribution >= 0.6 is 0 Å². The van der Waals surface area contributed by atoms with Crippen LogP contribution in [0.1, 0.15) is 5.56 Å². The maximum atomic E-state index is 7.67. The van der Waals surface area contributed by atoms with Crippen molar-refractivity contribution in [1.82, 2.24) is 0 Å². The van der Waals surface area contributed by atoms with E-state index in [0.29, 0.717) is 5.70 Å². The van der Waals surface area contributed by atoms with Crippen LogP contribution in [0.5, 0.6) is 0 Å². The van der Waals surface area contributed by atoms with Crippen LogP contribution in [0.3, 0.4) is 0 Å². The molecule has 1 aromatic rings. The van der Waals surface area contributed by atoms with Crippen molar-refractivity contribution in [3.8, 4) is 0 Å². The van der Waals surface area contributed by atoms with Crippen LogP contribution in [0, 0.1) is 0 Å². The van der Waals surface area contributed by atoms with Crippen LogP contribution in [-0.2, 0) is 0 Å². The number of hydrogen-bond acceptors (Lipinski definition) is 0. The molecule has 0 spiro atoms. The molecule has 0 fully saturated rings. The smallest absolute Gasteiger partial charge is 0.698 e. The van der Waals surface area contributed by atoms with Gasteiger partial charge in [-0.2, -0.15) is 0 Å². The second-order valence-electron chi connectivity index (χ2n) is 2.57. The maximum absolute atomic E-state index is 7.67. The molecule has 1 rings (SSSR count). The summed E-state index contributed by atoms with van der Waals surface area (Å²) in [6, 6.07) is 9.63. The third-order valence-electron chi connectivity index (χ3n) is 1.59. The van der Waals surface area contributed by atoms with Crippen molar-refractivity contribution in [2.75, 3.05) is 0 Å². The van der Waals surface area contributed by atoms with Gasteiger partial charge in [0.05, 0.1) is 0 Å². The predicted octanol–water partition coefficient (Wildman–Crippen LogP) is 0.826. The molecule has 2 heteroatoms. The predicted molar refractivity (Wildman–Crippen MR) is 58.1 cm³/mol. The summed E-state index contributed by atoms with van der Waals surface area (Å²) >= 11 is 0. The molecular formula is C12H12LiN. The summed E-state index contributed by atoms with van der Waals surface area (Å²) in [7, 11) is 0. The first kappa shape index (κ1) is 12.8. The molecule has 0 saturated carbocycles. The summed E-state index contributed by atoms with van der Waals surface area (Å²) in [6.07, 6.45) is 7.05. The number of nitrogens with one attached hydrogen (secondary N) is 1. The molecule has 0 aliphatic heterocycles. The largest absolute Gasteiger partial charge is 1.00 e. The van der Waals surface area contributed by atoms with E-state index in [9.17, 15) is 0 Å². The number of hydrogen-bond donors (Lipinski definition) is 0. The van der Waals surface area contributed by atoms with E-state index in [1.807, 2.05) is 36.4 Å². The van der Waals surface area contributed by atoms with Gasteiger partial charge in [0.25, 0.3) is 0 Å². The molecule has 0 saturated heterocycles. The Labute approximate surface area is 97.2 Å². The Kier molecular flexibility index (Phi) is 6.66. The molecule has 1 nitrogen and oxygen atoms in total. The Morgan fingerprint density at radius 3 is 2.36 bits per heavy atom. The summed E-state index contributed by atoms with van der Waals surface area (Å²) in [5.41, 5.74) is 9.11. The summed E-state index contributed by atoms with van der Waals surface area (Å²) in [6.45, 7) is 3.55. The van der Waals surface area contributed by atoms with Crippen molar-refractivity contribution >= 4 is 5.70 Å². The first-order chi connectivity index (χ1) is 6.34. The second kappa shape index (κ2) is 7.26. The van der Waals surface area contributed by atoms with Gasteiger partial charge in [-0.25, -0.2) is 0 Å². The number of rotatable bonds is 3. The Balaban J connectivity index is 0.00000169. The Morgan fingerprint density at radius 2 is 1.79 bits per heavy atom. The molecule has 0 aliphatic carbocycles. The minimum Gasteiger partial charge on any atom is -0.698 e. The maximum Gasteiger partial charge on any atom is 1.00 e. The summed E-state index contributed by atoms with van der Waals surface area (Å²) in [5, 5.41) is 0. The van der Waals surface area contributed by atoms with Crippen LogP contribution in [0.15, 0.2) is 61.2 Å². The van der Waals surface area contributed by atoms with E-state index in [1.54, 1.807) is 18.2 Å². The summed E-state index contributed by atoms with van der Waals surface area (Å²) < 4.78 is 0. The molecule has 1 N–H and O–H groups in total. The quantitative estimate of drug-likeness (QED) is 0.482. The molecule has 0 amide bonds. The fourth-order valence-electron chi connectivity index (χ4n) is 0.944. The normalized spacial score (nSPS) is 11.0. The topological polar surface area (TPSA) is 23.8 Å². The average molecular weight is 177 g/mol. The van der Waals surface area contributed by atoms with Crippen molar-refractivity contribution in [3.63, 3.8) is 0 Å². The second-order valence-corrected chi connectivity index (χ2v) is 2.57. The fourth-order valence-corrected chi connectivity index (χ4v) is 0.944. The molecule has 0 bridgehead atoms. The van der Waals surface area contributed by atoms with E-state index >= 15 is 0 Å². The van der Waals surface area contributed by atoms with Gasteiger partial charge in [0.2, 0.25) is 0 Å². The first-order valence-electron chi connectivity index (χ1n) is 4.11. The van der Waals surface area contributed by atoms with Crippen molar-refractivity contribution in [2.24, 2.45) is 0 Å². The van der Waals surface area contributed by atoms with Gasteiger partial charge in [-0.05, 0) is 5.56 Å². The molecule has 0 radical (unpaired) electrons. The van der Waals surface area contributed by atoms with Gasteiger partial charge in [-0.15, -0.1) is 5.70 Å². The van der Waals surface area contributed by atoms with Gasteiger partial charge in [-0.1, -0.05) is 61.2 Å². The molecule has 14 heavy (non-hydrogen) atoms. The Hall–Kier alpha value is -1.16. The molecule has 0 aromatic heterocycles.